The van der Waals surface area contributed by atoms with Crippen LogP contribution in [-0.2, 0) is 0 Å². The first-order valence-electron chi connectivity index (χ1n) is 7.06. The van der Waals surface area contributed by atoms with E-state index in [9.17, 15) is 0 Å². The van der Waals surface area contributed by atoms with Gasteiger partial charge in [-0.1, -0.05) is 19.4 Å². The Morgan fingerprint density at radius 3 is 3.05 bits per heavy atom. The van der Waals surface area contributed by atoms with Crippen molar-refractivity contribution in [1.82, 2.24) is 9.55 Å². The van der Waals surface area contributed by atoms with Crippen LogP contribution in [0, 0.1) is 6.92 Å². The molecule has 1 aliphatic carbocycles. The summed E-state index contributed by atoms with van der Waals surface area (Å²) in [4.78, 5) is 4.54. The molecule has 19 heavy (non-hydrogen) atoms. The lowest BCUT2D eigenvalue weighted by atomic mass is 10.2. The molecule has 3 rings (SSSR count). The van der Waals surface area contributed by atoms with Gasteiger partial charge in [-0.2, -0.15) is 11.8 Å². The molecular formula is C15H21N3S. The Morgan fingerprint density at radius 1 is 1.42 bits per heavy atom. The molecule has 1 aliphatic rings. The lowest BCUT2D eigenvalue weighted by Gasteiger charge is -2.22. The fourth-order valence-electron chi connectivity index (χ4n) is 3.19. The minimum atomic E-state index is 0.512. The minimum Gasteiger partial charge on any atom is -0.369 e. The smallest absolute Gasteiger partial charge is 0.201 e. The van der Waals surface area contributed by atoms with E-state index >= 15 is 0 Å². The second-order valence-corrected chi connectivity index (χ2v) is 6.84. The van der Waals surface area contributed by atoms with Gasteiger partial charge in [0.1, 0.15) is 0 Å². The summed E-state index contributed by atoms with van der Waals surface area (Å²) in [6.07, 6.45) is 3.82. The molecule has 0 amide bonds. The Hall–Kier alpha value is -1.16. The Bertz CT molecular complexity index is 590. The van der Waals surface area contributed by atoms with Crippen LogP contribution >= 0.6 is 11.8 Å². The average molecular weight is 275 g/mol. The molecular weight excluding hydrogens is 254 g/mol. The van der Waals surface area contributed by atoms with E-state index in [1.165, 1.54) is 36.1 Å². The van der Waals surface area contributed by atoms with E-state index in [1.54, 1.807) is 0 Å². The van der Waals surface area contributed by atoms with Gasteiger partial charge in [0, 0.05) is 11.3 Å². The maximum atomic E-state index is 6.18. The number of nitrogens with zero attached hydrogens (tertiary/aromatic N) is 2. The van der Waals surface area contributed by atoms with Crippen molar-refractivity contribution in [2.24, 2.45) is 0 Å². The van der Waals surface area contributed by atoms with Crippen molar-refractivity contribution in [3.8, 4) is 0 Å². The van der Waals surface area contributed by atoms with Gasteiger partial charge in [-0.05, 0) is 43.2 Å². The van der Waals surface area contributed by atoms with Crippen molar-refractivity contribution in [3.05, 3.63) is 23.8 Å². The molecule has 3 nitrogen and oxygen atoms in total. The number of nitrogen functional groups attached to an aromatic ring is 1. The highest BCUT2D eigenvalue weighted by Gasteiger charge is 2.30. The van der Waals surface area contributed by atoms with Gasteiger partial charge in [-0.15, -0.1) is 0 Å². The van der Waals surface area contributed by atoms with Crippen LogP contribution in [0.15, 0.2) is 18.2 Å². The van der Waals surface area contributed by atoms with Crippen LogP contribution < -0.4 is 5.73 Å². The van der Waals surface area contributed by atoms with E-state index in [1.807, 2.05) is 0 Å². The number of rotatable bonds is 3. The molecule has 2 aromatic rings. The molecule has 2 N–H and O–H groups in total. The van der Waals surface area contributed by atoms with Crippen molar-refractivity contribution < 1.29 is 0 Å². The van der Waals surface area contributed by atoms with Crippen molar-refractivity contribution >= 4 is 28.7 Å². The Labute approximate surface area is 118 Å². The zero-order valence-corrected chi connectivity index (χ0v) is 12.4. The number of thioether (sulfide) groups is 1. The number of aryl methyl sites for hydroxylation is 1. The fourth-order valence-corrected chi connectivity index (χ4v) is 4.43. The normalized spacial score (nSPS) is 23.3. The van der Waals surface area contributed by atoms with Gasteiger partial charge < -0.3 is 10.3 Å². The van der Waals surface area contributed by atoms with Crippen LogP contribution in [-0.4, -0.2) is 20.6 Å². The largest absolute Gasteiger partial charge is 0.369 e. The second-order valence-electron chi connectivity index (χ2n) is 5.32. The number of benzene rings is 1. The SMILES string of the molecule is CCSC1CCCC1n1c(N)nc2cc(C)ccc21. The van der Waals surface area contributed by atoms with Gasteiger partial charge in [0.05, 0.1) is 11.0 Å². The first-order valence-corrected chi connectivity index (χ1v) is 8.11. The third-order valence-corrected chi connectivity index (χ3v) is 5.31. The maximum absolute atomic E-state index is 6.18. The zero-order chi connectivity index (χ0) is 13.4. The lowest BCUT2D eigenvalue weighted by Crippen LogP contribution is -2.18. The quantitative estimate of drug-likeness (QED) is 0.927. The average Bonchev–Trinajstić information content (AvgIpc) is 2.92. The molecule has 0 radical (unpaired) electrons. The molecule has 1 aromatic heterocycles. The summed E-state index contributed by atoms with van der Waals surface area (Å²) in [5, 5.41) is 0.686. The highest BCUT2D eigenvalue weighted by atomic mass is 32.2. The number of anilines is 1. The third-order valence-electron chi connectivity index (χ3n) is 4.00. The number of aromatic nitrogens is 2. The van der Waals surface area contributed by atoms with Crippen molar-refractivity contribution in [3.63, 3.8) is 0 Å². The number of fused-ring (bicyclic) bond motifs is 1. The van der Waals surface area contributed by atoms with Gasteiger partial charge in [0.15, 0.2) is 0 Å². The summed E-state index contributed by atoms with van der Waals surface area (Å²) < 4.78 is 2.27. The fraction of sp³-hybridized carbons (Fsp3) is 0.533. The van der Waals surface area contributed by atoms with Crippen LogP contribution in [0.1, 0.15) is 37.8 Å². The number of nitrogens with two attached hydrogens (primary N) is 1. The lowest BCUT2D eigenvalue weighted by molar-refractivity contribution is 0.549. The standard InChI is InChI=1S/C15H21N3S/c1-3-19-14-6-4-5-13(14)18-12-8-7-10(2)9-11(12)17-15(18)16/h7-9,13-14H,3-6H2,1-2H3,(H2,16,17). The van der Waals surface area contributed by atoms with Gasteiger partial charge in [0.25, 0.3) is 0 Å². The summed E-state index contributed by atoms with van der Waals surface area (Å²) in [6.45, 7) is 4.33. The Morgan fingerprint density at radius 2 is 2.26 bits per heavy atom. The Kier molecular flexibility index (Phi) is 3.44. The molecule has 1 heterocycles. The van der Waals surface area contributed by atoms with Crippen molar-refractivity contribution in [1.29, 1.82) is 0 Å². The topological polar surface area (TPSA) is 43.8 Å². The third kappa shape index (κ3) is 2.22. The highest BCUT2D eigenvalue weighted by molar-refractivity contribution is 7.99. The van der Waals surface area contributed by atoms with Crippen LogP contribution in [0.4, 0.5) is 5.95 Å². The van der Waals surface area contributed by atoms with Crippen LogP contribution in [0.2, 0.25) is 0 Å². The number of hydrogen-bond acceptors (Lipinski definition) is 3. The Balaban J connectivity index is 2.06. The van der Waals surface area contributed by atoms with E-state index in [4.69, 9.17) is 5.73 Å². The predicted octanol–water partition coefficient (Wildman–Crippen LogP) is 3.77. The van der Waals surface area contributed by atoms with Crippen LogP contribution in [0.25, 0.3) is 11.0 Å². The van der Waals surface area contributed by atoms with Gasteiger partial charge in [-0.25, -0.2) is 4.98 Å². The molecule has 0 aliphatic heterocycles. The first-order chi connectivity index (χ1) is 9.20. The van der Waals surface area contributed by atoms with Gasteiger partial charge in [0.2, 0.25) is 5.95 Å². The summed E-state index contributed by atoms with van der Waals surface area (Å²) in [5.74, 6) is 1.85. The number of hydrogen-bond donors (Lipinski definition) is 1. The van der Waals surface area contributed by atoms with Gasteiger partial charge in [-0.3, -0.25) is 0 Å². The molecule has 4 heteroatoms. The molecule has 2 unspecified atom stereocenters. The van der Waals surface area contributed by atoms with Crippen LogP contribution in [0.5, 0.6) is 0 Å². The predicted molar refractivity (Wildman–Crippen MR) is 83.7 cm³/mol. The molecule has 0 spiro atoms. The van der Waals surface area contributed by atoms with Crippen molar-refractivity contribution in [2.45, 2.75) is 44.4 Å². The first kappa shape index (κ1) is 12.9. The highest BCUT2D eigenvalue weighted by Crippen LogP contribution is 2.41. The molecule has 102 valence electrons. The van der Waals surface area contributed by atoms with E-state index in [0.717, 1.165) is 5.52 Å². The zero-order valence-electron chi connectivity index (χ0n) is 11.6. The molecule has 1 aromatic carbocycles. The van der Waals surface area contributed by atoms with E-state index in [-0.39, 0.29) is 0 Å². The number of imidazole rings is 1. The van der Waals surface area contributed by atoms with E-state index < -0.39 is 0 Å². The summed E-state index contributed by atoms with van der Waals surface area (Å²) in [5.41, 5.74) is 9.65. The molecule has 1 saturated carbocycles. The van der Waals surface area contributed by atoms with Crippen molar-refractivity contribution in [2.75, 3.05) is 11.5 Å². The minimum absolute atomic E-state index is 0.512. The summed E-state index contributed by atoms with van der Waals surface area (Å²) in [7, 11) is 0. The molecule has 1 fully saturated rings. The van der Waals surface area contributed by atoms with E-state index in [2.05, 4.69) is 53.4 Å². The van der Waals surface area contributed by atoms with E-state index in [0.29, 0.717) is 17.2 Å². The monoisotopic (exact) mass is 275 g/mol. The summed E-state index contributed by atoms with van der Waals surface area (Å²) in [6, 6.07) is 6.95. The molecule has 0 saturated heterocycles. The summed E-state index contributed by atoms with van der Waals surface area (Å²) >= 11 is 2.06. The molecule has 2 atom stereocenters. The molecule has 0 bridgehead atoms. The van der Waals surface area contributed by atoms with Gasteiger partial charge >= 0.3 is 0 Å². The second kappa shape index (κ2) is 5.08. The van der Waals surface area contributed by atoms with Crippen LogP contribution in [0.3, 0.4) is 0 Å². The maximum Gasteiger partial charge on any atom is 0.201 e.